The van der Waals surface area contributed by atoms with Gasteiger partial charge in [-0.3, -0.25) is 0 Å². The quantitative estimate of drug-likeness (QED) is 0.541. The van der Waals surface area contributed by atoms with Crippen LogP contribution < -0.4 is 0 Å². The number of aromatic nitrogens is 5. The number of halogens is 1. The van der Waals surface area contributed by atoms with E-state index in [1.54, 1.807) is 6.07 Å². The zero-order valence-electron chi connectivity index (χ0n) is 13.8. The Labute approximate surface area is 149 Å². The van der Waals surface area contributed by atoms with Gasteiger partial charge in [-0.15, -0.1) is 5.10 Å². The molecule has 2 heterocycles. The van der Waals surface area contributed by atoms with Crippen molar-refractivity contribution in [3.8, 4) is 22.8 Å². The summed E-state index contributed by atoms with van der Waals surface area (Å²) in [6.45, 7) is 5.13. The van der Waals surface area contributed by atoms with Crippen molar-refractivity contribution in [2.75, 3.05) is 0 Å². The van der Waals surface area contributed by atoms with Gasteiger partial charge in [-0.25, -0.2) is 4.68 Å². The van der Waals surface area contributed by atoms with Crippen LogP contribution in [0.4, 0.5) is 0 Å². The van der Waals surface area contributed by atoms with E-state index in [-0.39, 0.29) is 0 Å². The van der Waals surface area contributed by atoms with Gasteiger partial charge in [-0.1, -0.05) is 48.0 Å². The molecule has 0 saturated carbocycles. The van der Waals surface area contributed by atoms with Crippen LogP contribution in [-0.4, -0.2) is 25.1 Å². The number of fused-ring (bicyclic) bond motifs is 1. The van der Waals surface area contributed by atoms with Crippen LogP contribution in [-0.2, 0) is 6.54 Å². The molecule has 2 aromatic heterocycles. The van der Waals surface area contributed by atoms with Gasteiger partial charge in [0.15, 0.2) is 0 Å². The maximum absolute atomic E-state index is 6.19. The second kappa shape index (κ2) is 6.29. The highest BCUT2D eigenvalue weighted by Crippen LogP contribution is 2.28. The zero-order valence-corrected chi connectivity index (χ0v) is 14.6. The molecule has 0 fully saturated rings. The van der Waals surface area contributed by atoms with Crippen LogP contribution in [0.5, 0.6) is 0 Å². The first-order valence-electron chi connectivity index (χ1n) is 8.04. The standard InChI is InChI=1S/C18H16ClN5O/c1-11(2)10-24-16-8-7-12(9-15(16)21-23-24)18-20-17(22-25-18)13-5-3-4-6-14(13)19/h3-9,11H,10H2,1-2H3. The predicted molar refractivity (Wildman–Crippen MR) is 96.1 cm³/mol. The molecule has 0 unspecified atom stereocenters. The molecule has 0 aliphatic carbocycles. The molecular formula is C18H16ClN5O. The molecule has 0 aliphatic rings. The summed E-state index contributed by atoms with van der Waals surface area (Å²) in [6.07, 6.45) is 0. The second-order valence-electron chi connectivity index (χ2n) is 6.27. The molecular weight excluding hydrogens is 338 g/mol. The Balaban J connectivity index is 1.70. The largest absolute Gasteiger partial charge is 0.334 e. The Morgan fingerprint density at radius 2 is 2.00 bits per heavy atom. The fourth-order valence-electron chi connectivity index (χ4n) is 2.68. The zero-order chi connectivity index (χ0) is 17.4. The predicted octanol–water partition coefficient (Wildman–Crippen LogP) is 4.46. The summed E-state index contributed by atoms with van der Waals surface area (Å²) in [5.41, 5.74) is 3.33. The lowest BCUT2D eigenvalue weighted by molar-refractivity contribution is 0.432. The lowest BCUT2D eigenvalue weighted by atomic mass is 10.2. The van der Waals surface area contributed by atoms with E-state index in [4.69, 9.17) is 16.1 Å². The Bertz CT molecular complexity index is 1040. The number of benzene rings is 2. The first kappa shape index (κ1) is 15.8. The molecule has 0 spiro atoms. The van der Waals surface area contributed by atoms with Gasteiger partial charge in [0.25, 0.3) is 5.89 Å². The maximum atomic E-state index is 6.19. The van der Waals surface area contributed by atoms with Crippen molar-refractivity contribution >= 4 is 22.6 Å². The van der Waals surface area contributed by atoms with Gasteiger partial charge in [0.2, 0.25) is 5.82 Å². The normalized spacial score (nSPS) is 11.5. The van der Waals surface area contributed by atoms with E-state index in [0.29, 0.717) is 22.7 Å². The maximum Gasteiger partial charge on any atom is 0.258 e. The summed E-state index contributed by atoms with van der Waals surface area (Å²) in [7, 11) is 0. The minimum Gasteiger partial charge on any atom is -0.334 e. The number of hydrogen-bond donors (Lipinski definition) is 0. The monoisotopic (exact) mass is 353 g/mol. The van der Waals surface area contributed by atoms with Crippen LogP contribution in [0.15, 0.2) is 47.0 Å². The van der Waals surface area contributed by atoms with Crippen molar-refractivity contribution < 1.29 is 4.52 Å². The fourth-order valence-corrected chi connectivity index (χ4v) is 2.90. The number of rotatable bonds is 4. The lowest BCUT2D eigenvalue weighted by Crippen LogP contribution is -2.05. The van der Waals surface area contributed by atoms with E-state index in [0.717, 1.165) is 28.7 Å². The van der Waals surface area contributed by atoms with Crippen molar-refractivity contribution in [2.24, 2.45) is 5.92 Å². The van der Waals surface area contributed by atoms with E-state index in [1.807, 2.05) is 41.1 Å². The second-order valence-corrected chi connectivity index (χ2v) is 6.68. The highest BCUT2D eigenvalue weighted by atomic mass is 35.5. The van der Waals surface area contributed by atoms with Crippen LogP contribution in [0, 0.1) is 5.92 Å². The minimum absolute atomic E-state index is 0.426. The molecule has 4 rings (SSSR count). The molecule has 4 aromatic rings. The van der Waals surface area contributed by atoms with E-state index >= 15 is 0 Å². The Morgan fingerprint density at radius 3 is 2.80 bits per heavy atom. The SMILES string of the molecule is CC(C)Cn1nnc2cc(-c3nc(-c4ccccc4Cl)no3)ccc21. The van der Waals surface area contributed by atoms with Gasteiger partial charge in [-0.2, -0.15) is 4.98 Å². The molecule has 7 heteroatoms. The van der Waals surface area contributed by atoms with E-state index in [1.165, 1.54) is 0 Å². The van der Waals surface area contributed by atoms with Crippen LogP contribution in [0.1, 0.15) is 13.8 Å². The molecule has 25 heavy (non-hydrogen) atoms. The van der Waals surface area contributed by atoms with Gasteiger partial charge >= 0.3 is 0 Å². The van der Waals surface area contributed by atoms with Crippen LogP contribution in [0.25, 0.3) is 33.9 Å². The van der Waals surface area contributed by atoms with Crippen molar-refractivity contribution in [3.63, 3.8) is 0 Å². The van der Waals surface area contributed by atoms with E-state index in [9.17, 15) is 0 Å². The smallest absolute Gasteiger partial charge is 0.258 e. The average molecular weight is 354 g/mol. The van der Waals surface area contributed by atoms with Crippen molar-refractivity contribution in [3.05, 3.63) is 47.5 Å². The highest BCUT2D eigenvalue weighted by molar-refractivity contribution is 6.33. The summed E-state index contributed by atoms with van der Waals surface area (Å²) in [5, 5.41) is 13.1. The Morgan fingerprint density at radius 1 is 1.16 bits per heavy atom. The first-order chi connectivity index (χ1) is 12.1. The Hall–Kier alpha value is -2.73. The molecule has 0 radical (unpaired) electrons. The molecule has 0 N–H and O–H groups in total. The molecule has 0 saturated heterocycles. The summed E-state index contributed by atoms with van der Waals surface area (Å²) in [5.74, 6) is 1.39. The average Bonchev–Trinajstić information content (AvgIpc) is 3.22. The number of nitrogens with zero attached hydrogens (tertiary/aromatic N) is 5. The third kappa shape index (κ3) is 3.00. The van der Waals surface area contributed by atoms with Gasteiger partial charge in [0.1, 0.15) is 5.52 Å². The summed E-state index contributed by atoms with van der Waals surface area (Å²) >= 11 is 6.19. The molecule has 6 nitrogen and oxygen atoms in total. The third-order valence-corrected chi connectivity index (χ3v) is 4.17. The molecule has 0 amide bonds. The summed E-state index contributed by atoms with van der Waals surface area (Å²) < 4.78 is 7.32. The van der Waals surface area contributed by atoms with Crippen LogP contribution in [0.3, 0.4) is 0 Å². The first-order valence-corrected chi connectivity index (χ1v) is 8.42. The minimum atomic E-state index is 0.426. The van der Waals surface area contributed by atoms with Crippen LogP contribution >= 0.6 is 11.6 Å². The van der Waals surface area contributed by atoms with E-state index in [2.05, 4.69) is 34.3 Å². The lowest BCUT2D eigenvalue weighted by Gasteiger charge is -2.04. The summed E-state index contributed by atoms with van der Waals surface area (Å²) in [6, 6.07) is 13.2. The third-order valence-electron chi connectivity index (χ3n) is 3.84. The molecule has 0 bridgehead atoms. The molecule has 0 atom stereocenters. The highest BCUT2D eigenvalue weighted by Gasteiger charge is 2.14. The number of hydrogen-bond acceptors (Lipinski definition) is 5. The molecule has 126 valence electrons. The topological polar surface area (TPSA) is 69.6 Å². The fraction of sp³-hybridized carbons (Fsp3) is 0.222. The van der Waals surface area contributed by atoms with Gasteiger partial charge in [0, 0.05) is 17.7 Å². The summed E-state index contributed by atoms with van der Waals surface area (Å²) in [4.78, 5) is 4.46. The van der Waals surface area contributed by atoms with E-state index < -0.39 is 0 Å². The van der Waals surface area contributed by atoms with Crippen LogP contribution in [0.2, 0.25) is 5.02 Å². The van der Waals surface area contributed by atoms with Gasteiger partial charge in [-0.05, 0) is 36.2 Å². The van der Waals surface area contributed by atoms with Crippen molar-refractivity contribution in [1.82, 2.24) is 25.1 Å². The van der Waals surface area contributed by atoms with Gasteiger partial charge < -0.3 is 4.52 Å². The Kier molecular flexibility index (Phi) is 3.97. The molecule has 0 aliphatic heterocycles. The van der Waals surface area contributed by atoms with Crippen molar-refractivity contribution in [2.45, 2.75) is 20.4 Å². The molecule has 2 aromatic carbocycles. The van der Waals surface area contributed by atoms with Crippen molar-refractivity contribution in [1.29, 1.82) is 0 Å². The van der Waals surface area contributed by atoms with Gasteiger partial charge in [0.05, 0.1) is 10.5 Å².